The molecule has 1 saturated heterocycles. The zero-order chi connectivity index (χ0) is 27.5. The highest BCUT2D eigenvalue weighted by Gasteiger charge is 2.23. The first-order valence-corrected chi connectivity index (χ1v) is 13.1. The second-order valence-electron chi connectivity index (χ2n) is 9.75. The number of pyridine rings is 3. The molecule has 5 heterocycles. The van der Waals surface area contributed by atoms with Gasteiger partial charge in [0.1, 0.15) is 17.4 Å². The summed E-state index contributed by atoms with van der Waals surface area (Å²) >= 11 is 0. The highest BCUT2D eigenvalue weighted by atomic mass is 16.1. The van der Waals surface area contributed by atoms with Crippen molar-refractivity contribution in [1.29, 1.82) is 5.26 Å². The van der Waals surface area contributed by atoms with Gasteiger partial charge >= 0.3 is 0 Å². The first-order chi connectivity index (χ1) is 19.6. The Morgan fingerprint density at radius 3 is 2.48 bits per heavy atom. The van der Waals surface area contributed by atoms with Crippen molar-refractivity contribution in [3.8, 4) is 23.1 Å². The number of fused-ring (bicyclic) bond motifs is 1. The van der Waals surface area contributed by atoms with Crippen molar-refractivity contribution in [2.24, 2.45) is 0 Å². The SMILES string of the molecule is N#Cc1ncccc1C(=O)NC1CCN(Cc2ccc(-n3c(-c4cccnc4N)nc4cccnc43)cc2)CC1. The Morgan fingerprint density at radius 1 is 0.975 bits per heavy atom. The van der Waals surface area contributed by atoms with Crippen LogP contribution in [0, 0.1) is 11.3 Å². The van der Waals surface area contributed by atoms with Crippen molar-refractivity contribution in [1.82, 2.24) is 34.7 Å². The van der Waals surface area contributed by atoms with Crippen LogP contribution in [-0.2, 0) is 6.54 Å². The Labute approximate surface area is 231 Å². The number of nitriles is 1. The summed E-state index contributed by atoms with van der Waals surface area (Å²) < 4.78 is 2.01. The number of nitrogens with zero attached hydrogens (tertiary/aromatic N) is 7. The second kappa shape index (κ2) is 10.9. The molecule has 0 aliphatic carbocycles. The lowest BCUT2D eigenvalue weighted by molar-refractivity contribution is 0.0908. The van der Waals surface area contributed by atoms with E-state index in [1.807, 2.05) is 34.9 Å². The normalized spacial score (nSPS) is 14.2. The number of carbonyl (C=O) groups excluding carboxylic acids is 1. The molecule has 1 aliphatic heterocycles. The molecule has 1 aliphatic rings. The van der Waals surface area contributed by atoms with Crippen LogP contribution >= 0.6 is 0 Å². The molecule has 4 aromatic heterocycles. The number of nitrogens with two attached hydrogens (primary N) is 1. The number of nitrogens with one attached hydrogen (secondary N) is 1. The molecule has 10 nitrogen and oxygen atoms in total. The molecular formula is C30H27N9O. The van der Waals surface area contributed by atoms with Crippen LogP contribution in [0.3, 0.4) is 0 Å². The number of hydrogen-bond acceptors (Lipinski definition) is 8. The highest BCUT2D eigenvalue weighted by Crippen LogP contribution is 2.30. The topological polar surface area (TPSA) is 139 Å². The van der Waals surface area contributed by atoms with Crippen molar-refractivity contribution >= 4 is 22.9 Å². The largest absolute Gasteiger partial charge is 0.383 e. The molecule has 0 atom stereocenters. The van der Waals surface area contributed by atoms with Gasteiger partial charge in [0.15, 0.2) is 17.2 Å². The van der Waals surface area contributed by atoms with Gasteiger partial charge in [0, 0.05) is 50.0 Å². The molecule has 0 unspecified atom stereocenters. The molecule has 198 valence electrons. The Kier molecular flexibility index (Phi) is 6.87. The summed E-state index contributed by atoms with van der Waals surface area (Å²) in [5.41, 5.74) is 11.1. The van der Waals surface area contributed by atoms with E-state index in [4.69, 9.17) is 10.7 Å². The van der Waals surface area contributed by atoms with Gasteiger partial charge in [0.2, 0.25) is 0 Å². The third-order valence-corrected chi connectivity index (χ3v) is 7.18. The van der Waals surface area contributed by atoms with E-state index in [1.165, 1.54) is 11.8 Å². The number of likely N-dealkylation sites (tertiary alicyclic amines) is 1. The molecule has 1 amide bonds. The lowest BCUT2D eigenvalue weighted by atomic mass is 10.0. The number of rotatable bonds is 6. The Morgan fingerprint density at radius 2 is 1.70 bits per heavy atom. The average molecular weight is 530 g/mol. The van der Waals surface area contributed by atoms with Crippen molar-refractivity contribution in [3.63, 3.8) is 0 Å². The quantitative estimate of drug-likeness (QED) is 0.339. The monoisotopic (exact) mass is 529 g/mol. The third-order valence-electron chi connectivity index (χ3n) is 7.18. The molecule has 1 aromatic carbocycles. The van der Waals surface area contributed by atoms with Gasteiger partial charge in [-0.25, -0.2) is 19.9 Å². The van der Waals surface area contributed by atoms with E-state index in [0.29, 0.717) is 17.2 Å². The maximum Gasteiger partial charge on any atom is 0.254 e. The first-order valence-electron chi connectivity index (χ1n) is 13.1. The molecule has 0 spiro atoms. The summed E-state index contributed by atoms with van der Waals surface area (Å²) in [5, 5.41) is 12.3. The smallest absolute Gasteiger partial charge is 0.254 e. The van der Waals surface area contributed by atoms with Crippen molar-refractivity contribution < 1.29 is 4.79 Å². The van der Waals surface area contributed by atoms with Crippen LogP contribution in [0.2, 0.25) is 0 Å². The second-order valence-corrected chi connectivity index (χ2v) is 9.75. The number of aromatic nitrogens is 5. The van der Waals surface area contributed by atoms with Crippen LogP contribution in [0.15, 0.2) is 79.3 Å². The maximum absolute atomic E-state index is 12.7. The van der Waals surface area contributed by atoms with E-state index >= 15 is 0 Å². The van der Waals surface area contributed by atoms with Gasteiger partial charge in [0.25, 0.3) is 5.91 Å². The van der Waals surface area contributed by atoms with Crippen LogP contribution in [0.1, 0.15) is 34.5 Å². The number of benzene rings is 1. The zero-order valence-corrected chi connectivity index (χ0v) is 21.7. The van der Waals surface area contributed by atoms with Gasteiger partial charge in [-0.1, -0.05) is 12.1 Å². The van der Waals surface area contributed by atoms with Crippen molar-refractivity contribution in [3.05, 3.63) is 96.1 Å². The molecule has 10 heteroatoms. The number of nitrogen functional groups attached to an aromatic ring is 1. The number of anilines is 1. The van der Waals surface area contributed by atoms with Crippen molar-refractivity contribution in [2.45, 2.75) is 25.4 Å². The summed E-state index contributed by atoms with van der Waals surface area (Å²) in [7, 11) is 0. The summed E-state index contributed by atoms with van der Waals surface area (Å²) in [6.45, 7) is 2.55. The number of imidazole rings is 1. The molecular weight excluding hydrogens is 502 g/mol. The maximum atomic E-state index is 12.7. The number of piperidine rings is 1. The van der Waals surface area contributed by atoms with Gasteiger partial charge in [-0.3, -0.25) is 14.3 Å². The van der Waals surface area contributed by atoms with E-state index < -0.39 is 0 Å². The van der Waals surface area contributed by atoms with Crippen LogP contribution in [0.5, 0.6) is 0 Å². The molecule has 0 radical (unpaired) electrons. The van der Waals surface area contributed by atoms with Crippen LogP contribution in [-0.4, -0.2) is 54.4 Å². The van der Waals surface area contributed by atoms with Gasteiger partial charge in [-0.2, -0.15) is 5.26 Å². The lowest BCUT2D eigenvalue weighted by Gasteiger charge is -2.32. The van der Waals surface area contributed by atoms with E-state index in [9.17, 15) is 10.1 Å². The van der Waals surface area contributed by atoms with Gasteiger partial charge in [0.05, 0.1) is 11.1 Å². The van der Waals surface area contributed by atoms with E-state index in [2.05, 4.69) is 49.4 Å². The first kappa shape index (κ1) is 25.2. The predicted molar refractivity (Wildman–Crippen MR) is 151 cm³/mol. The minimum atomic E-state index is -0.243. The highest BCUT2D eigenvalue weighted by molar-refractivity contribution is 5.96. The predicted octanol–water partition coefficient (Wildman–Crippen LogP) is 3.73. The Balaban J connectivity index is 1.14. The summed E-state index contributed by atoms with van der Waals surface area (Å²) in [6, 6.07) is 21.3. The molecule has 40 heavy (non-hydrogen) atoms. The standard InChI is InChI=1S/C30H27N9O/c31-18-26-23(4-1-13-33-26)30(40)36-21-11-16-38(17-12-21)19-20-7-9-22(10-8-20)39-28(24-5-2-14-34-27(24)32)37-25-6-3-15-35-29(25)39/h1-10,13-15,21H,11-12,16-17,19H2,(H2,32,34)(H,36,40). The summed E-state index contributed by atoms with van der Waals surface area (Å²) in [6.07, 6.45) is 6.63. The minimum absolute atomic E-state index is 0.0678. The molecule has 0 bridgehead atoms. The molecule has 1 fully saturated rings. The summed E-state index contributed by atoms with van der Waals surface area (Å²) in [5.74, 6) is 0.873. The molecule has 0 saturated carbocycles. The number of amides is 1. The fraction of sp³-hybridized carbons (Fsp3) is 0.200. The van der Waals surface area contributed by atoms with Gasteiger partial charge < -0.3 is 11.1 Å². The minimum Gasteiger partial charge on any atom is -0.383 e. The molecule has 6 rings (SSSR count). The molecule has 3 N–H and O–H groups in total. The molecule has 5 aromatic rings. The Bertz CT molecular complexity index is 1710. The summed E-state index contributed by atoms with van der Waals surface area (Å²) in [4.78, 5) is 32.7. The van der Waals surface area contributed by atoms with Crippen LogP contribution in [0.25, 0.3) is 28.2 Å². The number of hydrogen-bond donors (Lipinski definition) is 2. The number of carbonyl (C=O) groups is 1. The van der Waals surface area contributed by atoms with Crippen LogP contribution in [0.4, 0.5) is 5.82 Å². The van der Waals surface area contributed by atoms with Gasteiger partial charge in [-0.05, 0) is 66.9 Å². The zero-order valence-electron chi connectivity index (χ0n) is 21.7. The fourth-order valence-electron chi connectivity index (χ4n) is 5.13. The van der Waals surface area contributed by atoms with Gasteiger partial charge in [-0.15, -0.1) is 0 Å². The van der Waals surface area contributed by atoms with Crippen molar-refractivity contribution in [2.75, 3.05) is 18.8 Å². The van der Waals surface area contributed by atoms with E-state index in [-0.39, 0.29) is 17.6 Å². The Hall–Kier alpha value is -5.14. The third kappa shape index (κ3) is 4.98. The fourth-order valence-corrected chi connectivity index (χ4v) is 5.13. The van der Waals surface area contributed by atoms with E-state index in [1.54, 1.807) is 24.5 Å². The van der Waals surface area contributed by atoms with Crippen LogP contribution < -0.4 is 11.1 Å². The average Bonchev–Trinajstić information content (AvgIpc) is 3.38. The van der Waals surface area contributed by atoms with E-state index in [0.717, 1.165) is 54.9 Å². The lowest BCUT2D eigenvalue weighted by Crippen LogP contribution is -2.44.